The van der Waals surface area contributed by atoms with Gasteiger partial charge in [-0.15, -0.1) is 0 Å². The molecule has 3 fully saturated rings. The van der Waals surface area contributed by atoms with E-state index in [1.165, 1.54) is 32.1 Å². The molecule has 3 aliphatic rings. The summed E-state index contributed by atoms with van der Waals surface area (Å²) in [4.78, 5) is 22.4. The number of nitrogens with one attached hydrogen (secondary N) is 2. The van der Waals surface area contributed by atoms with Crippen molar-refractivity contribution in [2.75, 3.05) is 38.5 Å². The standard InChI is InChI=1S/C25H38N6O/c1-30-14-11-20(12-15-30)26-24-21-9-10-22(27-25(21)29-28-24)19-8-5-13-31(17-19)23(32)16-18-6-3-2-4-7-18/h9-10,18-20H,2-8,11-17H2,1H3,(H2,26,27,28,29). The largest absolute Gasteiger partial charge is 0.365 e. The van der Waals surface area contributed by atoms with Crippen LogP contribution >= 0.6 is 0 Å². The van der Waals surface area contributed by atoms with E-state index in [1.54, 1.807) is 0 Å². The molecule has 2 N–H and O–H groups in total. The molecule has 1 saturated carbocycles. The number of fused-ring (bicyclic) bond motifs is 1. The smallest absolute Gasteiger partial charge is 0.222 e. The summed E-state index contributed by atoms with van der Waals surface area (Å²) in [5.41, 5.74) is 1.94. The second-order valence-corrected chi connectivity index (χ2v) is 10.3. The van der Waals surface area contributed by atoms with E-state index in [9.17, 15) is 4.79 Å². The average molecular weight is 439 g/mol. The molecule has 0 bridgehead atoms. The fraction of sp³-hybridized carbons (Fsp3) is 0.720. The summed E-state index contributed by atoms with van der Waals surface area (Å²) in [6, 6.07) is 4.78. The predicted molar refractivity (Wildman–Crippen MR) is 128 cm³/mol. The summed E-state index contributed by atoms with van der Waals surface area (Å²) in [6.07, 6.45) is 11.6. The van der Waals surface area contributed by atoms with Crippen molar-refractivity contribution in [1.29, 1.82) is 0 Å². The first-order chi connectivity index (χ1) is 15.7. The van der Waals surface area contributed by atoms with Gasteiger partial charge in [0.15, 0.2) is 11.5 Å². The molecule has 1 amide bonds. The van der Waals surface area contributed by atoms with Crippen LogP contribution in [0.5, 0.6) is 0 Å². The molecule has 0 radical (unpaired) electrons. The number of aromatic amines is 1. The fourth-order valence-corrected chi connectivity index (χ4v) is 5.82. The maximum absolute atomic E-state index is 12.9. The number of carbonyl (C=O) groups excluding carboxylic acids is 1. The number of piperidine rings is 2. The third kappa shape index (κ3) is 4.92. The van der Waals surface area contributed by atoms with Gasteiger partial charge in [-0.25, -0.2) is 4.98 Å². The highest BCUT2D eigenvalue weighted by molar-refractivity contribution is 5.87. The fourth-order valence-electron chi connectivity index (χ4n) is 5.82. The van der Waals surface area contributed by atoms with Crippen LogP contribution in [0.15, 0.2) is 12.1 Å². The lowest BCUT2D eigenvalue weighted by Gasteiger charge is -2.34. The Hall–Kier alpha value is -2.15. The number of hydrogen-bond donors (Lipinski definition) is 2. The molecule has 1 unspecified atom stereocenters. The van der Waals surface area contributed by atoms with Crippen molar-refractivity contribution in [1.82, 2.24) is 25.0 Å². The predicted octanol–water partition coefficient (Wildman–Crippen LogP) is 4.14. The summed E-state index contributed by atoms with van der Waals surface area (Å²) in [6.45, 7) is 3.96. The minimum Gasteiger partial charge on any atom is -0.365 e. The van der Waals surface area contributed by atoms with E-state index in [1.807, 2.05) is 0 Å². The summed E-state index contributed by atoms with van der Waals surface area (Å²) < 4.78 is 0. The number of pyridine rings is 1. The molecule has 0 spiro atoms. The van der Waals surface area contributed by atoms with Crippen LogP contribution in [0.2, 0.25) is 0 Å². The molecule has 4 heterocycles. The lowest BCUT2D eigenvalue weighted by molar-refractivity contribution is -0.133. The zero-order chi connectivity index (χ0) is 21.9. The molecule has 1 atom stereocenters. The Kier molecular flexibility index (Phi) is 6.62. The van der Waals surface area contributed by atoms with Crippen LogP contribution in [0.4, 0.5) is 5.82 Å². The highest BCUT2D eigenvalue weighted by Gasteiger charge is 2.28. The van der Waals surface area contributed by atoms with Gasteiger partial charge in [-0.05, 0) is 76.7 Å². The molecule has 2 aromatic rings. The number of likely N-dealkylation sites (tertiary alicyclic amines) is 2. The number of carbonyl (C=O) groups is 1. The van der Waals surface area contributed by atoms with Crippen LogP contribution in [-0.4, -0.2) is 70.2 Å². The Morgan fingerprint density at radius 1 is 1.06 bits per heavy atom. The van der Waals surface area contributed by atoms with Crippen LogP contribution in [0.25, 0.3) is 11.0 Å². The number of H-pyrrole nitrogens is 1. The summed E-state index contributed by atoms with van der Waals surface area (Å²) in [5, 5.41) is 12.4. The van der Waals surface area contributed by atoms with Crippen molar-refractivity contribution in [2.24, 2.45) is 5.92 Å². The van der Waals surface area contributed by atoms with Crippen molar-refractivity contribution in [3.05, 3.63) is 17.8 Å². The lowest BCUT2D eigenvalue weighted by atomic mass is 9.86. The third-order valence-electron chi connectivity index (χ3n) is 7.89. The van der Waals surface area contributed by atoms with Crippen molar-refractivity contribution in [3.63, 3.8) is 0 Å². The van der Waals surface area contributed by atoms with Crippen LogP contribution in [-0.2, 0) is 4.79 Å². The van der Waals surface area contributed by atoms with Gasteiger partial charge in [-0.3, -0.25) is 9.89 Å². The van der Waals surface area contributed by atoms with Gasteiger partial charge in [0.25, 0.3) is 0 Å². The highest BCUT2D eigenvalue weighted by Crippen LogP contribution is 2.31. The zero-order valence-electron chi connectivity index (χ0n) is 19.5. The first-order valence-corrected chi connectivity index (χ1v) is 12.7. The van der Waals surface area contributed by atoms with Crippen LogP contribution in [0.3, 0.4) is 0 Å². The molecule has 7 nitrogen and oxygen atoms in total. The van der Waals surface area contributed by atoms with E-state index >= 15 is 0 Å². The summed E-state index contributed by atoms with van der Waals surface area (Å²) in [7, 11) is 2.18. The summed E-state index contributed by atoms with van der Waals surface area (Å²) in [5.74, 6) is 2.19. The second kappa shape index (κ2) is 9.77. The molecule has 7 heteroatoms. The van der Waals surface area contributed by atoms with Crippen LogP contribution in [0.1, 0.15) is 75.8 Å². The molecule has 5 rings (SSSR count). The maximum Gasteiger partial charge on any atom is 0.222 e. The SMILES string of the molecule is CN1CCC(Nc2n[nH]c3nc(C4CCCN(C(=O)CC5CCCCC5)C4)ccc23)CC1. The number of anilines is 1. The lowest BCUT2D eigenvalue weighted by Crippen LogP contribution is -2.40. The number of aromatic nitrogens is 3. The molecular weight excluding hydrogens is 400 g/mol. The number of nitrogens with zero attached hydrogens (tertiary/aromatic N) is 4. The normalized spacial score (nSPS) is 24.2. The second-order valence-electron chi connectivity index (χ2n) is 10.3. The van der Waals surface area contributed by atoms with Gasteiger partial charge in [0.2, 0.25) is 5.91 Å². The van der Waals surface area contributed by atoms with Crippen molar-refractivity contribution in [2.45, 2.75) is 76.2 Å². The third-order valence-corrected chi connectivity index (χ3v) is 7.89. The first-order valence-electron chi connectivity index (χ1n) is 12.7. The van der Waals surface area contributed by atoms with Gasteiger partial charge in [0, 0.05) is 37.2 Å². The quantitative estimate of drug-likeness (QED) is 0.734. The van der Waals surface area contributed by atoms with E-state index < -0.39 is 0 Å². The maximum atomic E-state index is 12.9. The highest BCUT2D eigenvalue weighted by atomic mass is 16.2. The number of rotatable bonds is 5. The molecular formula is C25H38N6O. The summed E-state index contributed by atoms with van der Waals surface area (Å²) >= 11 is 0. The van der Waals surface area contributed by atoms with Crippen LogP contribution in [0, 0.1) is 5.92 Å². The minimum absolute atomic E-state index is 0.317. The van der Waals surface area contributed by atoms with Crippen molar-refractivity contribution in [3.8, 4) is 0 Å². The number of amides is 1. The average Bonchev–Trinajstić information content (AvgIpc) is 3.23. The minimum atomic E-state index is 0.317. The van der Waals surface area contributed by atoms with Crippen molar-refractivity contribution >= 4 is 22.8 Å². The monoisotopic (exact) mass is 438 g/mol. The van der Waals surface area contributed by atoms with Gasteiger partial charge in [0.05, 0.1) is 5.39 Å². The van der Waals surface area contributed by atoms with Gasteiger partial charge in [-0.2, -0.15) is 5.10 Å². The topological polar surface area (TPSA) is 77.2 Å². The molecule has 1 aliphatic carbocycles. The molecule has 174 valence electrons. The molecule has 32 heavy (non-hydrogen) atoms. The zero-order valence-corrected chi connectivity index (χ0v) is 19.5. The van der Waals surface area contributed by atoms with E-state index in [2.05, 4.69) is 44.5 Å². The molecule has 2 aromatic heterocycles. The Morgan fingerprint density at radius 3 is 2.69 bits per heavy atom. The van der Waals surface area contributed by atoms with Gasteiger partial charge in [-0.1, -0.05) is 19.3 Å². The van der Waals surface area contributed by atoms with Gasteiger partial charge < -0.3 is 15.1 Å². The Balaban J connectivity index is 1.22. The van der Waals surface area contributed by atoms with Gasteiger partial charge in [0.1, 0.15) is 0 Å². The molecule has 0 aromatic carbocycles. The van der Waals surface area contributed by atoms with Crippen molar-refractivity contribution < 1.29 is 4.79 Å². The van der Waals surface area contributed by atoms with E-state index in [0.29, 0.717) is 23.8 Å². The molecule has 2 aliphatic heterocycles. The van der Waals surface area contributed by atoms with Gasteiger partial charge >= 0.3 is 0 Å². The van der Waals surface area contributed by atoms with E-state index in [-0.39, 0.29) is 0 Å². The Labute approximate surface area is 191 Å². The van der Waals surface area contributed by atoms with E-state index in [0.717, 1.165) is 80.8 Å². The first kappa shape index (κ1) is 21.7. The van der Waals surface area contributed by atoms with E-state index in [4.69, 9.17) is 4.98 Å². The Bertz CT molecular complexity index is 912. The number of hydrogen-bond acceptors (Lipinski definition) is 5. The molecule has 2 saturated heterocycles. The van der Waals surface area contributed by atoms with Crippen LogP contribution < -0.4 is 5.32 Å². The Morgan fingerprint density at radius 2 is 1.88 bits per heavy atom.